The third-order valence-corrected chi connectivity index (χ3v) is 7.21. The molecule has 4 bridgehead atoms. The lowest BCUT2D eigenvalue weighted by molar-refractivity contribution is -0.129. The van der Waals surface area contributed by atoms with Crippen molar-refractivity contribution in [3.05, 3.63) is 0 Å². The first-order valence-corrected chi connectivity index (χ1v) is 9.10. The zero-order chi connectivity index (χ0) is 14.6. The van der Waals surface area contributed by atoms with Gasteiger partial charge in [-0.15, -0.1) is 0 Å². The molecule has 0 saturated heterocycles. The van der Waals surface area contributed by atoms with Crippen LogP contribution in [-0.4, -0.2) is 18.0 Å². The standard InChI is InChI=1S/C18H30N2O/c1-11(20-17(21)15-2-3-16(19)7-15)18-8-12-4-13(9-18)6-14(5-12)10-18/h11-16H,2-10,19H2,1H3,(H,20,21). The van der Waals surface area contributed by atoms with Gasteiger partial charge in [0.1, 0.15) is 0 Å². The van der Waals surface area contributed by atoms with E-state index in [0.29, 0.717) is 11.5 Å². The summed E-state index contributed by atoms with van der Waals surface area (Å²) in [5.74, 6) is 3.32. The van der Waals surface area contributed by atoms with Gasteiger partial charge in [0.2, 0.25) is 5.91 Å². The molecule has 0 aliphatic heterocycles. The molecule has 3 atom stereocenters. The molecule has 5 aliphatic rings. The number of hydrogen-bond donors (Lipinski definition) is 2. The van der Waals surface area contributed by atoms with Crippen molar-refractivity contribution >= 4 is 5.91 Å². The van der Waals surface area contributed by atoms with Crippen molar-refractivity contribution in [2.75, 3.05) is 0 Å². The fourth-order valence-electron chi connectivity index (χ4n) is 6.45. The van der Waals surface area contributed by atoms with Crippen LogP contribution in [0.5, 0.6) is 0 Å². The van der Waals surface area contributed by atoms with Crippen LogP contribution in [0.3, 0.4) is 0 Å². The maximum absolute atomic E-state index is 12.5. The SMILES string of the molecule is CC(NC(=O)C1CCC(N)C1)C12CC3CC(CC(C3)C1)C2. The molecule has 0 spiro atoms. The van der Waals surface area contributed by atoms with Crippen LogP contribution in [0.15, 0.2) is 0 Å². The lowest BCUT2D eigenvalue weighted by Crippen LogP contribution is -2.56. The summed E-state index contributed by atoms with van der Waals surface area (Å²) in [6.45, 7) is 2.28. The first kappa shape index (κ1) is 14.0. The summed E-state index contributed by atoms with van der Waals surface area (Å²) in [6.07, 6.45) is 11.4. The largest absolute Gasteiger partial charge is 0.353 e. The van der Waals surface area contributed by atoms with Crippen molar-refractivity contribution in [2.45, 2.75) is 76.8 Å². The van der Waals surface area contributed by atoms with Crippen molar-refractivity contribution in [3.63, 3.8) is 0 Å². The lowest BCUT2D eigenvalue weighted by atomic mass is 9.48. The molecule has 5 saturated carbocycles. The van der Waals surface area contributed by atoms with Crippen molar-refractivity contribution in [1.82, 2.24) is 5.32 Å². The maximum Gasteiger partial charge on any atom is 0.223 e. The number of nitrogens with two attached hydrogens (primary N) is 1. The molecule has 0 radical (unpaired) electrons. The van der Waals surface area contributed by atoms with Crippen LogP contribution in [0, 0.1) is 29.1 Å². The second-order valence-electron chi connectivity index (χ2n) is 8.78. The lowest BCUT2D eigenvalue weighted by Gasteiger charge is -2.59. The van der Waals surface area contributed by atoms with Crippen LogP contribution in [0.25, 0.3) is 0 Å². The van der Waals surface area contributed by atoms with Gasteiger partial charge in [-0.05, 0) is 87.9 Å². The van der Waals surface area contributed by atoms with Gasteiger partial charge in [0.15, 0.2) is 0 Å². The minimum Gasteiger partial charge on any atom is -0.353 e. The number of carbonyl (C=O) groups excluding carboxylic acids is 1. The van der Waals surface area contributed by atoms with E-state index in [1.54, 1.807) is 0 Å². The molecule has 0 aromatic rings. The van der Waals surface area contributed by atoms with Gasteiger partial charge in [0.05, 0.1) is 0 Å². The van der Waals surface area contributed by atoms with Gasteiger partial charge < -0.3 is 11.1 Å². The average Bonchev–Trinajstić information content (AvgIpc) is 2.84. The van der Waals surface area contributed by atoms with Crippen LogP contribution in [-0.2, 0) is 4.79 Å². The molecule has 5 fully saturated rings. The van der Waals surface area contributed by atoms with E-state index in [-0.39, 0.29) is 17.9 Å². The monoisotopic (exact) mass is 290 g/mol. The second-order valence-corrected chi connectivity index (χ2v) is 8.78. The quantitative estimate of drug-likeness (QED) is 0.840. The smallest absolute Gasteiger partial charge is 0.223 e. The topological polar surface area (TPSA) is 55.1 Å². The van der Waals surface area contributed by atoms with Gasteiger partial charge in [-0.25, -0.2) is 0 Å². The Morgan fingerprint density at radius 2 is 1.62 bits per heavy atom. The van der Waals surface area contributed by atoms with E-state index < -0.39 is 0 Å². The van der Waals surface area contributed by atoms with Crippen LogP contribution in [0.2, 0.25) is 0 Å². The molecule has 118 valence electrons. The van der Waals surface area contributed by atoms with Gasteiger partial charge in [0.25, 0.3) is 0 Å². The molecular weight excluding hydrogens is 260 g/mol. The molecule has 3 unspecified atom stereocenters. The van der Waals surface area contributed by atoms with Crippen molar-refractivity contribution in [2.24, 2.45) is 34.8 Å². The molecule has 0 aromatic carbocycles. The molecule has 0 aromatic heterocycles. The predicted octanol–water partition coefficient (Wildman–Crippen LogP) is 2.83. The van der Waals surface area contributed by atoms with E-state index in [9.17, 15) is 4.79 Å². The van der Waals surface area contributed by atoms with Gasteiger partial charge in [-0.3, -0.25) is 4.79 Å². The Morgan fingerprint density at radius 1 is 1.05 bits per heavy atom. The van der Waals surface area contributed by atoms with E-state index in [0.717, 1.165) is 37.0 Å². The van der Waals surface area contributed by atoms with Gasteiger partial charge in [0, 0.05) is 18.0 Å². The Morgan fingerprint density at radius 3 is 2.10 bits per heavy atom. The van der Waals surface area contributed by atoms with Crippen molar-refractivity contribution in [1.29, 1.82) is 0 Å². The fraction of sp³-hybridized carbons (Fsp3) is 0.944. The Bertz CT molecular complexity index is 398. The van der Waals surface area contributed by atoms with Crippen molar-refractivity contribution in [3.8, 4) is 0 Å². The molecule has 1 amide bonds. The first-order chi connectivity index (χ1) is 10.0. The summed E-state index contributed by atoms with van der Waals surface area (Å²) in [5.41, 5.74) is 6.38. The minimum atomic E-state index is 0.177. The van der Waals surface area contributed by atoms with Gasteiger partial charge >= 0.3 is 0 Å². The molecule has 0 heterocycles. The predicted molar refractivity (Wildman–Crippen MR) is 83.5 cm³/mol. The summed E-state index contributed by atoms with van der Waals surface area (Å²) >= 11 is 0. The number of carbonyl (C=O) groups is 1. The van der Waals surface area contributed by atoms with Crippen LogP contribution < -0.4 is 11.1 Å². The Balaban J connectivity index is 1.43. The highest BCUT2D eigenvalue weighted by atomic mass is 16.2. The Hall–Kier alpha value is -0.570. The van der Waals surface area contributed by atoms with Crippen LogP contribution in [0.1, 0.15) is 64.7 Å². The Kier molecular flexibility index (Phi) is 3.33. The molecule has 3 nitrogen and oxygen atoms in total. The maximum atomic E-state index is 12.5. The van der Waals surface area contributed by atoms with E-state index >= 15 is 0 Å². The zero-order valence-electron chi connectivity index (χ0n) is 13.3. The molecule has 5 aliphatic carbocycles. The highest BCUT2D eigenvalue weighted by molar-refractivity contribution is 5.79. The summed E-state index contributed by atoms with van der Waals surface area (Å²) in [7, 11) is 0. The van der Waals surface area contributed by atoms with E-state index in [1.807, 2.05) is 0 Å². The molecule has 21 heavy (non-hydrogen) atoms. The number of hydrogen-bond acceptors (Lipinski definition) is 2. The van der Waals surface area contributed by atoms with Crippen LogP contribution in [0.4, 0.5) is 0 Å². The van der Waals surface area contributed by atoms with Crippen molar-refractivity contribution < 1.29 is 4.79 Å². The molecule has 3 N–H and O–H groups in total. The first-order valence-electron chi connectivity index (χ1n) is 9.10. The van der Waals surface area contributed by atoms with E-state index in [1.165, 1.54) is 38.5 Å². The number of rotatable bonds is 3. The zero-order valence-corrected chi connectivity index (χ0v) is 13.3. The summed E-state index contributed by atoms with van der Waals surface area (Å²) in [4.78, 5) is 12.5. The third kappa shape index (κ3) is 2.42. The fourth-order valence-corrected chi connectivity index (χ4v) is 6.45. The average molecular weight is 290 g/mol. The molecule has 3 heteroatoms. The highest BCUT2D eigenvalue weighted by Gasteiger charge is 2.53. The minimum absolute atomic E-state index is 0.177. The summed E-state index contributed by atoms with van der Waals surface area (Å²) in [6, 6.07) is 0.603. The van der Waals surface area contributed by atoms with Gasteiger partial charge in [-0.2, -0.15) is 0 Å². The van der Waals surface area contributed by atoms with E-state index in [4.69, 9.17) is 5.73 Å². The molecular formula is C18H30N2O. The highest BCUT2D eigenvalue weighted by Crippen LogP contribution is 2.61. The van der Waals surface area contributed by atoms with Gasteiger partial charge in [-0.1, -0.05) is 0 Å². The second kappa shape index (κ2) is 4.97. The van der Waals surface area contributed by atoms with Crippen LogP contribution >= 0.6 is 0 Å². The summed E-state index contributed by atoms with van der Waals surface area (Å²) < 4.78 is 0. The summed E-state index contributed by atoms with van der Waals surface area (Å²) in [5, 5.41) is 3.40. The normalized spacial score (nSPS) is 49.3. The molecule has 5 rings (SSSR count). The number of nitrogens with one attached hydrogen (secondary N) is 1. The number of amides is 1. The Labute approximate surface area is 128 Å². The van der Waals surface area contributed by atoms with E-state index in [2.05, 4.69) is 12.2 Å². The third-order valence-electron chi connectivity index (χ3n) is 7.21.